The van der Waals surface area contributed by atoms with Gasteiger partial charge in [0.1, 0.15) is 11.5 Å². The molecule has 5 aromatic rings. The van der Waals surface area contributed by atoms with Crippen molar-refractivity contribution in [2.45, 2.75) is 18.6 Å². The summed E-state index contributed by atoms with van der Waals surface area (Å²) in [5.74, 6) is -0.162. The summed E-state index contributed by atoms with van der Waals surface area (Å²) < 4.78 is 54.5. The zero-order valence-corrected chi connectivity index (χ0v) is 19.4. The molecule has 7 nitrogen and oxygen atoms in total. The molecule has 0 fully saturated rings. The molecule has 4 heterocycles. The van der Waals surface area contributed by atoms with E-state index in [-0.39, 0.29) is 23.1 Å². The third-order valence-corrected chi connectivity index (χ3v) is 6.44. The Hall–Kier alpha value is -3.90. The van der Waals surface area contributed by atoms with Crippen molar-refractivity contribution < 1.29 is 17.6 Å². The van der Waals surface area contributed by atoms with Crippen molar-refractivity contribution in [3.05, 3.63) is 77.3 Å². The van der Waals surface area contributed by atoms with Gasteiger partial charge in [-0.15, -0.1) is 11.3 Å². The molecule has 4 N–H and O–H groups in total. The van der Waals surface area contributed by atoms with Crippen LogP contribution in [0, 0.1) is 5.82 Å². The van der Waals surface area contributed by atoms with Gasteiger partial charge >= 0.3 is 6.18 Å². The van der Waals surface area contributed by atoms with Crippen LogP contribution in [0.2, 0.25) is 0 Å². The number of nitrogens with zero attached hydrogens (tertiary/aromatic N) is 4. The quantitative estimate of drug-likeness (QED) is 0.256. The number of hydrogen-bond acceptors (Lipinski definition) is 7. The van der Waals surface area contributed by atoms with Crippen molar-refractivity contribution in [2.75, 3.05) is 11.9 Å². The molecule has 0 unspecified atom stereocenters. The number of pyridine rings is 1. The molecule has 184 valence electrons. The summed E-state index contributed by atoms with van der Waals surface area (Å²) in [5.41, 5.74) is 7.32. The maximum Gasteiger partial charge on any atom is 0.432 e. The van der Waals surface area contributed by atoms with Crippen LogP contribution in [0.15, 0.2) is 60.2 Å². The van der Waals surface area contributed by atoms with E-state index in [9.17, 15) is 17.6 Å². The zero-order valence-electron chi connectivity index (χ0n) is 18.6. The van der Waals surface area contributed by atoms with Gasteiger partial charge in [0.25, 0.3) is 0 Å². The molecule has 5 rings (SSSR count). The zero-order chi connectivity index (χ0) is 25.3. The number of alkyl halides is 3. The first-order valence-electron chi connectivity index (χ1n) is 10.8. The molecule has 0 spiro atoms. The predicted molar refractivity (Wildman–Crippen MR) is 130 cm³/mol. The standard InChI is InChI=1S/C24H19F4N7S/c25-17-11-30-7-6-15(17)22-32-20-16(18-9-19(35-34-18)24(26,27)28)12-36-21(20)23(33-22)31-10-14(29)8-13-4-2-1-3-5-13/h1-7,9,11-12,14H,8,10,29H2,(H,34,35)(H,31,32,33)/t14-/m0/s1. The number of anilines is 1. The van der Waals surface area contributed by atoms with E-state index < -0.39 is 17.7 Å². The van der Waals surface area contributed by atoms with Gasteiger partial charge in [-0.25, -0.2) is 14.4 Å². The summed E-state index contributed by atoms with van der Waals surface area (Å²) in [6.45, 7) is 0.354. The molecule has 0 amide bonds. The van der Waals surface area contributed by atoms with Gasteiger partial charge < -0.3 is 11.1 Å². The Morgan fingerprint density at radius 2 is 1.89 bits per heavy atom. The van der Waals surface area contributed by atoms with E-state index in [2.05, 4.69) is 25.4 Å². The van der Waals surface area contributed by atoms with Crippen LogP contribution < -0.4 is 11.1 Å². The molecule has 4 aromatic heterocycles. The third kappa shape index (κ3) is 4.90. The Kier molecular flexibility index (Phi) is 6.37. The van der Waals surface area contributed by atoms with Crippen LogP contribution >= 0.6 is 11.3 Å². The summed E-state index contributed by atoms with van der Waals surface area (Å²) in [6, 6.07) is 11.9. The van der Waals surface area contributed by atoms with Crippen LogP contribution in [0.3, 0.4) is 0 Å². The molecule has 0 aliphatic heterocycles. The molecule has 12 heteroatoms. The van der Waals surface area contributed by atoms with Crippen molar-refractivity contribution in [1.82, 2.24) is 25.1 Å². The molecular weight excluding hydrogens is 494 g/mol. The lowest BCUT2D eigenvalue weighted by atomic mass is 10.1. The monoisotopic (exact) mass is 513 g/mol. The predicted octanol–water partition coefficient (Wildman–Crippen LogP) is 5.28. The molecule has 0 bridgehead atoms. The Morgan fingerprint density at radius 3 is 2.61 bits per heavy atom. The van der Waals surface area contributed by atoms with Crippen molar-refractivity contribution >= 4 is 27.4 Å². The first-order valence-corrected chi connectivity index (χ1v) is 11.7. The van der Waals surface area contributed by atoms with Gasteiger partial charge in [-0.3, -0.25) is 10.1 Å². The first kappa shape index (κ1) is 23.8. The minimum absolute atomic E-state index is 0.0627. The van der Waals surface area contributed by atoms with Crippen molar-refractivity contribution in [2.24, 2.45) is 5.73 Å². The molecule has 0 aliphatic rings. The second kappa shape index (κ2) is 9.63. The van der Waals surface area contributed by atoms with E-state index in [1.807, 2.05) is 35.4 Å². The Bertz CT molecular complexity index is 1500. The lowest BCUT2D eigenvalue weighted by Crippen LogP contribution is -2.31. The largest absolute Gasteiger partial charge is 0.432 e. The van der Waals surface area contributed by atoms with Crippen LogP contribution in [0.4, 0.5) is 23.4 Å². The van der Waals surface area contributed by atoms with E-state index in [0.717, 1.165) is 17.8 Å². The fourth-order valence-corrected chi connectivity index (χ4v) is 4.68. The van der Waals surface area contributed by atoms with E-state index in [4.69, 9.17) is 5.73 Å². The highest BCUT2D eigenvalue weighted by molar-refractivity contribution is 7.18. The van der Waals surface area contributed by atoms with Gasteiger partial charge in [-0.2, -0.15) is 18.3 Å². The molecule has 0 saturated heterocycles. The lowest BCUT2D eigenvalue weighted by molar-refractivity contribution is -0.141. The maximum atomic E-state index is 14.5. The summed E-state index contributed by atoms with van der Waals surface area (Å²) >= 11 is 1.25. The molecule has 1 atom stereocenters. The minimum Gasteiger partial charge on any atom is -0.367 e. The van der Waals surface area contributed by atoms with Crippen LogP contribution in [0.5, 0.6) is 0 Å². The van der Waals surface area contributed by atoms with Crippen LogP contribution in [0.25, 0.3) is 32.9 Å². The fraction of sp³-hybridized carbons (Fsp3) is 0.167. The molecule has 1 aromatic carbocycles. The van der Waals surface area contributed by atoms with E-state index >= 15 is 0 Å². The van der Waals surface area contributed by atoms with Crippen molar-refractivity contribution in [1.29, 1.82) is 0 Å². The summed E-state index contributed by atoms with van der Waals surface area (Å²) in [4.78, 5) is 12.8. The van der Waals surface area contributed by atoms with Gasteiger partial charge in [0.2, 0.25) is 0 Å². The smallest absolute Gasteiger partial charge is 0.367 e. The highest BCUT2D eigenvalue weighted by atomic mass is 32.1. The Morgan fingerprint density at radius 1 is 1.08 bits per heavy atom. The van der Waals surface area contributed by atoms with Crippen LogP contribution in [-0.2, 0) is 12.6 Å². The molecule has 0 aliphatic carbocycles. The average molecular weight is 514 g/mol. The Balaban J connectivity index is 1.53. The third-order valence-electron chi connectivity index (χ3n) is 5.46. The Labute approximate surface area is 206 Å². The lowest BCUT2D eigenvalue weighted by Gasteiger charge is -2.15. The molecule has 0 radical (unpaired) electrons. The van der Waals surface area contributed by atoms with Gasteiger partial charge in [-0.05, 0) is 24.1 Å². The topological polar surface area (TPSA) is 105 Å². The molecule has 0 saturated carbocycles. The van der Waals surface area contributed by atoms with Gasteiger partial charge in [-0.1, -0.05) is 30.3 Å². The van der Waals surface area contributed by atoms with E-state index in [1.54, 1.807) is 5.38 Å². The highest BCUT2D eigenvalue weighted by Gasteiger charge is 2.33. The van der Waals surface area contributed by atoms with Gasteiger partial charge in [0.15, 0.2) is 11.6 Å². The van der Waals surface area contributed by atoms with Gasteiger partial charge in [0, 0.05) is 29.7 Å². The number of aromatic nitrogens is 5. The molecule has 36 heavy (non-hydrogen) atoms. The fourth-order valence-electron chi connectivity index (χ4n) is 3.72. The summed E-state index contributed by atoms with van der Waals surface area (Å²) in [7, 11) is 0. The number of aromatic amines is 1. The number of rotatable bonds is 7. The second-order valence-electron chi connectivity index (χ2n) is 8.07. The first-order chi connectivity index (χ1) is 17.3. The number of fused-ring (bicyclic) bond motifs is 1. The SMILES string of the molecule is N[C@H](CNc1nc(-c2ccncc2F)nc2c(-c3cc(C(F)(F)F)[nH]n3)csc12)Cc1ccccc1. The minimum atomic E-state index is -4.57. The van der Waals surface area contributed by atoms with Crippen LogP contribution in [0.1, 0.15) is 11.3 Å². The summed E-state index contributed by atoms with van der Waals surface area (Å²) in [5, 5.41) is 10.7. The maximum absolute atomic E-state index is 14.5. The average Bonchev–Trinajstić information content (AvgIpc) is 3.51. The molecular formula is C24H19F4N7S. The number of thiophene rings is 1. The van der Waals surface area contributed by atoms with E-state index in [1.165, 1.54) is 23.6 Å². The highest BCUT2D eigenvalue weighted by Crippen LogP contribution is 2.38. The normalized spacial score (nSPS) is 12.7. The van der Waals surface area contributed by atoms with Crippen LogP contribution in [-0.4, -0.2) is 37.7 Å². The van der Waals surface area contributed by atoms with Crippen molar-refractivity contribution in [3.63, 3.8) is 0 Å². The van der Waals surface area contributed by atoms with E-state index in [0.29, 0.717) is 34.6 Å². The number of H-pyrrole nitrogens is 1. The number of halogens is 4. The second-order valence-corrected chi connectivity index (χ2v) is 8.95. The van der Waals surface area contributed by atoms with Crippen molar-refractivity contribution in [3.8, 4) is 22.6 Å². The number of nitrogens with one attached hydrogen (secondary N) is 2. The number of hydrogen-bond donors (Lipinski definition) is 3. The summed E-state index contributed by atoms with van der Waals surface area (Å²) in [6.07, 6.45) is -1.49. The van der Waals surface area contributed by atoms with Gasteiger partial charge in [0.05, 0.1) is 27.7 Å². The number of benzene rings is 1. The number of nitrogens with two attached hydrogens (primary N) is 1.